The summed E-state index contributed by atoms with van der Waals surface area (Å²) in [5.74, 6) is -0.710. The molecular weight excluding hydrogens is 307 g/mol. The Labute approximate surface area is 130 Å². The van der Waals surface area contributed by atoms with Gasteiger partial charge in [-0.05, 0) is 41.0 Å². The molecule has 0 spiro atoms. The minimum absolute atomic E-state index is 0.0154. The van der Waals surface area contributed by atoms with Gasteiger partial charge in [-0.3, -0.25) is 15.5 Å². The second-order valence-corrected chi connectivity index (χ2v) is 4.60. The minimum Gasteiger partial charge on any atom is -0.466 e. The van der Waals surface area contributed by atoms with Crippen molar-refractivity contribution >= 4 is 17.3 Å². The van der Waals surface area contributed by atoms with Crippen LogP contribution in [0.15, 0.2) is 27.8 Å². The summed E-state index contributed by atoms with van der Waals surface area (Å²) in [4.78, 5) is 15.4. The lowest BCUT2D eigenvalue weighted by molar-refractivity contribution is -0.120. The Balaban J connectivity index is 2.27. The normalized spacial score (nSPS) is 11.4. The monoisotopic (exact) mass is 322 g/mol. The molecule has 23 heavy (non-hydrogen) atoms. The molecule has 0 atom stereocenters. The number of rotatable bonds is 6. The SMILES string of the molecule is CCC(=O)COc1nonc1C(=Nc1ccc(F)c(C)c1)NO. The van der Waals surface area contributed by atoms with Gasteiger partial charge in [-0.2, -0.15) is 0 Å². The molecule has 1 aromatic carbocycles. The third-order valence-corrected chi connectivity index (χ3v) is 2.94. The molecular formula is C14H15FN4O4. The van der Waals surface area contributed by atoms with Gasteiger partial charge in [0.1, 0.15) is 12.4 Å². The van der Waals surface area contributed by atoms with E-state index in [2.05, 4.69) is 19.9 Å². The number of nitrogens with zero attached hydrogens (tertiary/aromatic N) is 3. The van der Waals surface area contributed by atoms with E-state index in [4.69, 9.17) is 4.74 Å². The standard InChI is InChI=1S/C14H15FN4O4/c1-3-10(20)7-22-14-12(18-23-19-14)13(17-21)16-9-4-5-11(15)8(2)6-9/h4-6,21H,3,7H2,1-2H3,(H,16,17). The Morgan fingerprint density at radius 3 is 2.91 bits per heavy atom. The predicted molar refractivity (Wildman–Crippen MR) is 77.3 cm³/mol. The van der Waals surface area contributed by atoms with Gasteiger partial charge >= 0.3 is 0 Å². The van der Waals surface area contributed by atoms with Crippen LogP contribution in [0.4, 0.5) is 10.1 Å². The molecule has 2 aromatic rings. The Bertz CT molecular complexity index is 729. The largest absolute Gasteiger partial charge is 0.466 e. The summed E-state index contributed by atoms with van der Waals surface area (Å²) in [6, 6.07) is 4.16. The number of ether oxygens (including phenoxy) is 1. The topological polar surface area (TPSA) is 110 Å². The number of hydrogen-bond acceptors (Lipinski definition) is 7. The van der Waals surface area contributed by atoms with Gasteiger partial charge < -0.3 is 4.74 Å². The van der Waals surface area contributed by atoms with E-state index in [1.54, 1.807) is 13.8 Å². The van der Waals surface area contributed by atoms with Gasteiger partial charge in [0, 0.05) is 6.42 Å². The highest BCUT2D eigenvalue weighted by Gasteiger charge is 2.19. The summed E-state index contributed by atoms with van der Waals surface area (Å²) < 4.78 is 23.0. The minimum atomic E-state index is -0.368. The highest BCUT2D eigenvalue weighted by Crippen LogP contribution is 2.20. The fourth-order valence-electron chi connectivity index (χ4n) is 1.63. The van der Waals surface area contributed by atoms with Gasteiger partial charge in [-0.15, -0.1) is 0 Å². The molecule has 1 aromatic heterocycles. The second kappa shape index (κ2) is 7.45. The van der Waals surface area contributed by atoms with Crippen LogP contribution in [0.5, 0.6) is 5.88 Å². The molecule has 0 aliphatic rings. The number of aliphatic imine (C=N–C) groups is 1. The number of halogens is 1. The van der Waals surface area contributed by atoms with Gasteiger partial charge in [0.15, 0.2) is 11.6 Å². The zero-order valence-corrected chi connectivity index (χ0v) is 12.5. The van der Waals surface area contributed by atoms with E-state index in [1.165, 1.54) is 18.2 Å². The van der Waals surface area contributed by atoms with Gasteiger partial charge in [-0.25, -0.2) is 14.0 Å². The number of Topliss-reactive ketones (excluding diaryl/α,β-unsaturated/α-hetero) is 1. The molecule has 0 bridgehead atoms. The zero-order chi connectivity index (χ0) is 16.8. The lowest BCUT2D eigenvalue weighted by Gasteiger charge is -2.05. The Morgan fingerprint density at radius 1 is 1.48 bits per heavy atom. The first-order valence-corrected chi connectivity index (χ1v) is 6.77. The van der Waals surface area contributed by atoms with Crippen LogP contribution >= 0.6 is 0 Å². The van der Waals surface area contributed by atoms with E-state index in [-0.39, 0.29) is 35.6 Å². The Hall–Kier alpha value is -2.81. The molecule has 0 radical (unpaired) electrons. The highest BCUT2D eigenvalue weighted by atomic mass is 19.1. The van der Waals surface area contributed by atoms with Gasteiger partial charge in [0.25, 0.3) is 5.88 Å². The number of aromatic nitrogens is 2. The molecule has 2 N–H and O–H groups in total. The second-order valence-electron chi connectivity index (χ2n) is 4.60. The lowest BCUT2D eigenvalue weighted by atomic mass is 10.2. The quantitative estimate of drug-likeness (QED) is 0.475. The van der Waals surface area contributed by atoms with E-state index < -0.39 is 0 Å². The average Bonchev–Trinajstić information content (AvgIpc) is 3.01. The van der Waals surface area contributed by atoms with E-state index in [0.29, 0.717) is 17.7 Å². The number of nitrogens with one attached hydrogen (secondary N) is 1. The third kappa shape index (κ3) is 4.10. The van der Waals surface area contributed by atoms with E-state index in [9.17, 15) is 14.4 Å². The van der Waals surface area contributed by atoms with Crippen LogP contribution in [0.2, 0.25) is 0 Å². The maximum Gasteiger partial charge on any atom is 0.287 e. The lowest BCUT2D eigenvalue weighted by Crippen LogP contribution is -2.22. The van der Waals surface area contributed by atoms with Crippen LogP contribution < -0.4 is 10.2 Å². The van der Waals surface area contributed by atoms with E-state index in [1.807, 2.05) is 5.48 Å². The molecule has 2 rings (SSSR count). The summed E-state index contributed by atoms with van der Waals surface area (Å²) in [6.45, 7) is 3.09. The van der Waals surface area contributed by atoms with Crippen molar-refractivity contribution in [2.24, 2.45) is 4.99 Å². The molecule has 122 valence electrons. The summed E-state index contributed by atoms with van der Waals surface area (Å²) >= 11 is 0. The molecule has 0 aliphatic heterocycles. The molecule has 8 nitrogen and oxygen atoms in total. The smallest absolute Gasteiger partial charge is 0.287 e. The van der Waals surface area contributed by atoms with Crippen LogP contribution in [0.1, 0.15) is 24.6 Å². The van der Waals surface area contributed by atoms with Gasteiger partial charge in [0.05, 0.1) is 5.69 Å². The molecule has 0 unspecified atom stereocenters. The number of aryl methyl sites for hydroxylation is 1. The fraction of sp³-hybridized carbons (Fsp3) is 0.286. The molecule has 0 amide bonds. The first kappa shape index (κ1) is 16.6. The number of hydroxylamine groups is 1. The van der Waals surface area contributed by atoms with Gasteiger partial charge in [-0.1, -0.05) is 6.92 Å². The van der Waals surface area contributed by atoms with Crippen molar-refractivity contribution in [2.45, 2.75) is 20.3 Å². The van der Waals surface area contributed by atoms with Crippen LogP contribution in [-0.4, -0.2) is 33.7 Å². The zero-order valence-electron chi connectivity index (χ0n) is 12.5. The summed E-state index contributed by atoms with van der Waals surface area (Å²) in [7, 11) is 0. The highest BCUT2D eigenvalue weighted by molar-refractivity contribution is 5.99. The third-order valence-electron chi connectivity index (χ3n) is 2.94. The number of amidine groups is 1. The average molecular weight is 322 g/mol. The van der Waals surface area contributed by atoms with Crippen molar-refractivity contribution in [3.8, 4) is 5.88 Å². The fourth-order valence-corrected chi connectivity index (χ4v) is 1.63. The summed E-state index contributed by atoms with van der Waals surface area (Å²) in [6.07, 6.45) is 0.314. The van der Waals surface area contributed by atoms with Crippen molar-refractivity contribution < 1.29 is 23.8 Å². The first-order valence-electron chi connectivity index (χ1n) is 6.77. The van der Waals surface area contributed by atoms with Crippen molar-refractivity contribution in [1.82, 2.24) is 15.8 Å². The number of hydrogen-bond donors (Lipinski definition) is 2. The van der Waals surface area contributed by atoms with Crippen molar-refractivity contribution in [1.29, 1.82) is 0 Å². The van der Waals surface area contributed by atoms with Crippen molar-refractivity contribution in [3.63, 3.8) is 0 Å². The summed E-state index contributed by atoms with van der Waals surface area (Å²) in [5, 5.41) is 16.3. The van der Waals surface area contributed by atoms with Crippen LogP contribution in [0.25, 0.3) is 0 Å². The number of benzene rings is 1. The Morgan fingerprint density at radius 2 is 2.26 bits per heavy atom. The first-order chi connectivity index (χ1) is 11.0. The Kier molecular flexibility index (Phi) is 5.36. The van der Waals surface area contributed by atoms with Crippen molar-refractivity contribution in [3.05, 3.63) is 35.3 Å². The molecule has 1 heterocycles. The van der Waals surface area contributed by atoms with Crippen molar-refractivity contribution in [2.75, 3.05) is 6.61 Å². The van der Waals surface area contributed by atoms with E-state index >= 15 is 0 Å². The molecule has 0 saturated carbocycles. The molecule has 0 fully saturated rings. The van der Waals surface area contributed by atoms with Gasteiger partial charge in [0.2, 0.25) is 5.69 Å². The molecule has 0 aliphatic carbocycles. The molecule has 0 saturated heterocycles. The number of ketones is 1. The number of carbonyl (C=O) groups excluding carboxylic acids is 1. The molecule has 9 heteroatoms. The summed E-state index contributed by atoms with van der Waals surface area (Å²) in [5.41, 5.74) is 2.61. The maximum atomic E-state index is 13.3. The van der Waals surface area contributed by atoms with Crippen LogP contribution in [0.3, 0.4) is 0 Å². The van der Waals surface area contributed by atoms with E-state index in [0.717, 1.165) is 0 Å². The van der Waals surface area contributed by atoms with Crippen LogP contribution in [0, 0.1) is 12.7 Å². The number of carbonyl (C=O) groups is 1. The van der Waals surface area contributed by atoms with Crippen LogP contribution in [-0.2, 0) is 4.79 Å². The predicted octanol–water partition coefficient (Wildman–Crippen LogP) is 1.93. The maximum absolute atomic E-state index is 13.3.